The summed E-state index contributed by atoms with van der Waals surface area (Å²) in [7, 11) is 0. The Morgan fingerprint density at radius 2 is 1.31 bits per heavy atom. The topological polar surface area (TPSA) is 57.6 Å². The Hall–Kier alpha value is -1.89. The highest BCUT2D eigenvalue weighted by Crippen LogP contribution is 2.19. The molecule has 0 aliphatic carbocycles. The summed E-state index contributed by atoms with van der Waals surface area (Å²) in [5.74, 6) is -1.31. The van der Waals surface area contributed by atoms with Crippen LogP contribution in [0.2, 0.25) is 0 Å². The van der Waals surface area contributed by atoms with Crippen LogP contribution in [0.25, 0.3) is 0 Å². The number of hydrogen-bond donors (Lipinski definition) is 1. The lowest BCUT2D eigenvalue weighted by Crippen LogP contribution is -2.25. The molecule has 0 fully saturated rings. The van der Waals surface area contributed by atoms with Gasteiger partial charge in [-0.15, -0.1) is 5.06 Å². The smallest absolute Gasteiger partial charge is 0.278 e. The van der Waals surface area contributed by atoms with Crippen LogP contribution in [-0.4, -0.2) is 28.8 Å². The van der Waals surface area contributed by atoms with Crippen molar-refractivity contribution < 1.29 is 28.0 Å². The van der Waals surface area contributed by atoms with E-state index >= 15 is 0 Å². The molecule has 4 nitrogen and oxygen atoms in total. The van der Waals surface area contributed by atoms with Crippen molar-refractivity contribution in [2.45, 2.75) is 6.68 Å². The first kappa shape index (κ1) is 12.2. The van der Waals surface area contributed by atoms with Gasteiger partial charge in [0.2, 0.25) is 0 Å². The molecule has 1 aromatic rings. The van der Waals surface area contributed by atoms with E-state index in [-0.39, 0.29) is 16.2 Å². The molecule has 2 rings (SSSR count). The largest absolute Gasteiger partial charge is 0.379 e. The summed E-state index contributed by atoms with van der Waals surface area (Å²) in [5.41, 5.74) is 0.509. The quantitative estimate of drug-likeness (QED) is 0.549. The molecule has 2 amide bonds. The molecule has 1 aromatic carbocycles. The van der Waals surface area contributed by atoms with E-state index in [0.717, 1.165) is 0 Å². The molecule has 0 aromatic heterocycles. The zero-order valence-corrected chi connectivity index (χ0v) is 7.73. The molecule has 0 bridgehead atoms. The molecular formula is C9H6F3NO3. The van der Waals surface area contributed by atoms with Gasteiger partial charge >= 0.3 is 6.68 Å². The molecular weight excluding hydrogens is 227 g/mol. The Kier molecular flexibility index (Phi) is 3.62. The van der Waals surface area contributed by atoms with Gasteiger partial charge in [0.25, 0.3) is 11.8 Å². The molecule has 1 N–H and O–H groups in total. The minimum atomic E-state index is -3.67. The number of hydrogen-bond acceptors (Lipinski definition) is 3. The predicted molar refractivity (Wildman–Crippen MR) is 45.8 cm³/mol. The maximum atomic E-state index is 11.1. The molecule has 0 radical (unpaired) electrons. The van der Waals surface area contributed by atoms with Gasteiger partial charge in [-0.05, 0) is 12.1 Å². The predicted octanol–water partition coefficient (Wildman–Crippen LogP) is 1.85. The third kappa shape index (κ3) is 2.37. The Morgan fingerprint density at radius 1 is 1.00 bits per heavy atom. The summed E-state index contributed by atoms with van der Waals surface area (Å²) in [5, 5.41) is 9.05. The molecule has 0 saturated carbocycles. The number of alkyl halides is 3. The molecule has 1 aliphatic heterocycles. The molecule has 0 spiro atoms. The first-order chi connectivity index (χ1) is 7.45. The van der Waals surface area contributed by atoms with Crippen molar-refractivity contribution >= 4 is 11.8 Å². The van der Waals surface area contributed by atoms with E-state index in [2.05, 4.69) is 0 Å². The lowest BCUT2D eigenvalue weighted by molar-refractivity contribution is -0.0327. The number of imide groups is 1. The summed E-state index contributed by atoms with van der Waals surface area (Å²) < 4.78 is 29.0. The van der Waals surface area contributed by atoms with Crippen LogP contribution >= 0.6 is 0 Å². The first-order valence-electron chi connectivity index (χ1n) is 4.04. The van der Waals surface area contributed by atoms with Crippen LogP contribution in [-0.2, 0) is 0 Å². The Labute approximate surface area is 87.9 Å². The van der Waals surface area contributed by atoms with Crippen LogP contribution in [0.1, 0.15) is 20.7 Å². The van der Waals surface area contributed by atoms with Gasteiger partial charge in [0, 0.05) is 0 Å². The summed E-state index contributed by atoms with van der Waals surface area (Å²) in [4.78, 5) is 22.1. The van der Waals surface area contributed by atoms with Crippen LogP contribution in [0.15, 0.2) is 24.3 Å². The van der Waals surface area contributed by atoms with Crippen LogP contribution in [0.3, 0.4) is 0 Å². The molecule has 0 atom stereocenters. The fourth-order valence-corrected chi connectivity index (χ4v) is 1.18. The van der Waals surface area contributed by atoms with Crippen LogP contribution in [0.5, 0.6) is 0 Å². The summed E-state index contributed by atoms with van der Waals surface area (Å²) in [6.45, 7) is -3.67. The fraction of sp³-hybridized carbons (Fsp3) is 0.111. The van der Waals surface area contributed by atoms with Gasteiger partial charge in [-0.2, -0.15) is 13.2 Å². The maximum absolute atomic E-state index is 11.1. The highest BCUT2D eigenvalue weighted by molar-refractivity contribution is 6.20. The van der Waals surface area contributed by atoms with Gasteiger partial charge in [-0.3, -0.25) is 14.8 Å². The molecule has 0 unspecified atom stereocenters. The Balaban J connectivity index is 0.000000280. The average molecular weight is 233 g/mol. The van der Waals surface area contributed by atoms with Gasteiger partial charge in [0.1, 0.15) is 0 Å². The summed E-state index contributed by atoms with van der Waals surface area (Å²) >= 11 is 0. The third-order valence-electron chi connectivity index (χ3n) is 1.77. The number of rotatable bonds is 0. The monoisotopic (exact) mass is 233 g/mol. The standard InChI is InChI=1S/C8H5NO3.CHF3/c10-7-5-3-1-2-4-6(5)8(11)9(7)12;2-1(3)4/h1-4,12H;1H. The number of carbonyl (C=O) groups is 2. The fourth-order valence-electron chi connectivity index (χ4n) is 1.18. The zero-order chi connectivity index (χ0) is 12.3. The van der Waals surface area contributed by atoms with E-state index in [1.54, 1.807) is 12.1 Å². The van der Waals surface area contributed by atoms with Crippen molar-refractivity contribution in [2.75, 3.05) is 0 Å². The molecule has 16 heavy (non-hydrogen) atoms. The summed E-state index contributed by atoms with van der Waals surface area (Å²) in [6.07, 6.45) is 0. The lowest BCUT2D eigenvalue weighted by atomic mass is 10.1. The van der Waals surface area contributed by atoms with Crippen LogP contribution in [0.4, 0.5) is 13.2 Å². The van der Waals surface area contributed by atoms with Crippen LogP contribution < -0.4 is 0 Å². The number of benzene rings is 1. The number of hydroxylamine groups is 2. The molecule has 7 heteroatoms. The van der Waals surface area contributed by atoms with Crippen molar-refractivity contribution in [3.8, 4) is 0 Å². The van der Waals surface area contributed by atoms with Crippen molar-refractivity contribution in [1.82, 2.24) is 5.06 Å². The van der Waals surface area contributed by atoms with Gasteiger partial charge in [-0.25, -0.2) is 0 Å². The number of nitrogens with zero attached hydrogens (tertiary/aromatic N) is 1. The average Bonchev–Trinajstić information content (AvgIpc) is 2.44. The first-order valence-corrected chi connectivity index (χ1v) is 4.04. The Morgan fingerprint density at radius 3 is 1.62 bits per heavy atom. The molecule has 1 heterocycles. The van der Waals surface area contributed by atoms with E-state index in [0.29, 0.717) is 0 Å². The normalized spacial score (nSPS) is 13.7. The van der Waals surface area contributed by atoms with Crippen molar-refractivity contribution in [1.29, 1.82) is 0 Å². The second-order valence-corrected chi connectivity index (χ2v) is 2.72. The minimum Gasteiger partial charge on any atom is -0.278 e. The number of halogens is 3. The second-order valence-electron chi connectivity index (χ2n) is 2.72. The van der Waals surface area contributed by atoms with Crippen LogP contribution in [0, 0.1) is 0 Å². The maximum Gasteiger partial charge on any atom is 0.379 e. The highest BCUT2D eigenvalue weighted by Gasteiger charge is 2.33. The lowest BCUT2D eigenvalue weighted by Gasteiger charge is -1.99. The number of carbonyl (C=O) groups excluding carboxylic acids is 2. The van der Waals surface area contributed by atoms with Gasteiger partial charge < -0.3 is 0 Å². The van der Waals surface area contributed by atoms with Crippen molar-refractivity contribution in [3.63, 3.8) is 0 Å². The number of fused-ring (bicyclic) bond motifs is 1. The molecule has 86 valence electrons. The number of amides is 2. The van der Waals surface area contributed by atoms with Gasteiger partial charge in [0.05, 0.1) is 11.1 Å². The van der Waals surface area contributed by atoms with E-state index in [9.17, 15) is 22.8 Å². The van der Waals surface area contributed by atoms with Gasteiger partial charge in [0.15, 0.2) is 0 Å². The van der Waals surface area contributed by atoms with E-state index in [1.165, 1.54) is 12.1 Å². The van der Waals surface area contributed by atoms with Crippen molar-refractivity contribution in [3.05, 3.63) is 35.4 Å². The third-order valence-corrected chi connectivity index (χ3v) is 1.77. The molecule has 1 aliphatic rings. The van der Waals surface area contributed by atoms with E-state index in [1.807, 2.05) is 0 Å². The zero-order valence-electron chi connectivity index (χ0n) is 7.73. The van der Waals surface area contributed by atoms with Crippen molar-refractivity contribution in [2.24, 2.45) is 0 Å². The molecule has 0 saturated heterocycles. The minimum absolute atomic E-state index is 0.130. The second kappa shape index (κ2) is 4.75. The SMILES string of the molecule is FC(F)F.O=C1c2ccccc2C(=O)N1O. The van der Waals surface area contributed by atoms with Gasteiger partial charge in [-0.1, -0.05) is 12.1 Å². The van der Waals surface area contributed by atoms with E-state index in [4.69, 9.17) is 5.21 Å². The highest BCUT2D eigenvalue weighted by atomic mass is 19.4. The summed E-state index contributed by atoms with van der Waals surface area (Å²) in [6, 6.07) is 6.30. The Bertz CT molecular complexity index is 384. The van der Waals surface area contributed by atoms with E-state index < -0.39 is 18.5 Å².